The molecule has 4 aromatic rings. The highest BCUT2D eigenvalue weighted by molar-refractivity contribution is 6.30. The molecule has 0 unspecified atom stereocenters. The summed E-state index contributed by atoms with van der Waals surface area (Å²) in [7, 11) is 1.66. The quantitative estimate of drug-likeness (QED) is 0.497. The summed E-state index contributed by atoms with van der Waals surface area (Å²) in [6.07, 6.45) is 0. The first-order chi connectivity index (χ1) is 14.1. The van der Waals surface area contributed by atoms with Crippen LogP contribution in [0.4, 0.5) is 5.69 Å². The van der Waals surface area contributed by atoms with Crippen LogP contribution in [0.2, 0.25) is 5.02 Å². The first-order valence-electron chi connectivity index (χ1n) is 9.34. The van der Waals surface area contributed by atoms with Crippen LogP contribution in [-0.2, 0) is 5.66 Å². The Morgan fingerprint density at radius 2 is 1.69 bits per heavy atom. The number of rotatable bonds is 3. The molecule has 0 radical (unpaired) electrons. The largest absolute Gasteiger partial charge is 0.497 e. The predicted molar refractivity (Wildman–Crippen MR) is 115 cm³/mol. The molecule has 5 rings (SSSR count). The molecule has 0 amide bonds. The Labute approximate surface area is 173 Å². The van der Waals surface area contributed by atoms with Crippen molar-refractivity contribution in [2.24, 2.45) is 0 Å². The molecule has 144 valence electrons. The number of fused-ring (bicyclic) bond motifs is 3. The van der Waals surface area contributed by atoms with Crippen LogP contribution >= 0.6 is 11.6 Å². The fraction of sp³-hybridized carbons (Fsp3) is 0.130. The zero-order valence-electron chi connectivity index (χ0n) is 16.1. The second-order valence-electron chi connectivity index (χ2n) is 7.15. The third kappa shape index (κ3) is 2.86. The second kappa shape index (κ2) is 6.64. The smallest absolute Gasteiger partial charge is 0.181 e. The lowest BCUT2D eigenvalue weighted by Gasteiger charge is -2.37. The van der Waals surface area contributed by atoms with Gasteiger partial charge in [-0.1, -0.05) is 35.9 Å². The summed E-state index contributed by atoms with van der Waals surface area (Å²) >= 11 is 6.12. The molecule has 29 heavy (non-hydrogen) atoms. The van der Waals surface area contributed by atoms with E-state index in [1.807, 2.05) is 65.3 Å². The lowest BCUT2D eigenvalue weighted by Crippen LogP contribution is -2.43. The van der Waals surface area contributed by atoms with Crippen molar-refractivity contribution in [1.29, 1.82) is 0 Å². The van der Waals surface area contributed by atoms with Crippen molar-refractivity contribution in [3.8, 4) is 28.5 Å². The molecule has 5 nitrogen and oxygen atoms in total. The molecule has 0 spiro atoms. The monoisotopic (exact) mass is 402 g/mol. The zero-order valence-corrected chi connectivity index (χ0v) is 16.8. The number of benzene rings is 3. The van der Waals surface area contributed by atoms with Crippen LogP contribution in [0.25, 0.3) is 22.8 Å². The molecule has 1 atom stereocenters. The Hall–Kier alpha value is -3.31. The van der Waals surface area contributed by atoms with Crippen molar-refractivity contribution in [3.05, 3.63) is 83.4 Å². The third-order valence-electron chi connectivity index (χ3n) is 5.33. The molecular weight excluding hydrogens is 384 g/mol. The fourth-order valence-corrected chi connectivity index (χ4v) is 3.86. The van der Waals surface area contributed by atoms with E-state index < -0.39 is 5.66 Å². The molecule has 0 saturated carbocycles. The third-order valence-corrected chi connectivity index (χ3v) is 5.58. The van der Waals surface area contributed by atoms with Gasteiger partial charge in [0.2, 0.25) is 0 Å². The molecule has 0 fully saturated rings. The SMILES string of the molecule is COc1ccc(-c2nc3n(n2)[C@@](C)(c2ccc(Cl)cc2)Nc2ccccc2-3)cc1. The van der Waals surface area contributed by atoms with Crippen LogP contribution in [0.15, 0.2) is 72.8 Å². The molecule has 6 heteroatoms. The van der Waals surface area contributed by atoms with Crippen molar-refractivity contribution in [2.45, 2.75) is 12.6 Å². The maximum absolute atomic E-state index is 6.12. The highest BCUT2D eigenvalue weighted by Gasteiger charge is 2.38. The molecule has 0 saturated heterocycles. The number of ether oxygens (including phenoxy) is 1. The Bertz CT molecular complexity index is 1180. The average Bonchev–Trinajstić information content (AvgIpc) is 3.21. The minimum atomic E-state index is -0.605. The van der Waals surface area contributed by atoms with Gasteiger partial charge in [0, 0.05) is 21.8 Å². The number of methoxy groups -OCH3 is 1. The number of hydrogen-bond donors (Lipinski definition) is 1. The average molecular weight is 403 g/mol. The van der Waals surface area contributed by atoms with Gasteiger partial charge in [-0.05, 0) is 61.0 Å². The van der Waals surface area contributed by atoms with Crippen LogP contribution in [0.5, 0.6) is 5.75 Å². The standard InChI is InChI=1S/C23H19ClN4O/c1-23(16-9-11-17(24)12-10-16)26-20-6-4-3-5-19(20)22-25-21(27-28(22)23)15-7-13-18(29-2)14-8-15/h3-14,26H,1-2H3/t23-/m0/s1. The Balaban J connectivity index is 1.70. The van der Waals surface area contributed by atoms with Crippen molar-refractivity contribution >= 4 is 17.3 Å². The zero-order chi connectivity index (χ0) is 20.0. The minimum absolute atomic E-state index is 0.605. The van der Waals surface area contributed by atoms with Gasteiger partial charge in [-0.25, -0.2) is 9.67 Å². The Morgan fingerprint density at radius 3 is 2.41 bits per heavy atom. The van der Waals surface area contributed by atoms with Crippen molar-refractivity contribution in [2.75, 3.05) is 12.4 Å². The summed E-state index contributed by atoms with van der Waals surface area (Å²) in [5, 5.41) is 9.24. The van der Waals surface area contributed by atoms with Gasteiger partial charge < -0.3 is 10.1 Å². The van der Waals surface area contributed by atoms with E-state index in [2.05, 4.69) is 24.4 Å². The number of anilines is 1. The summed E-state index contributed by atoms with van der Waals surface area (Å²) in [4.78, 5) is 4.90. The first kappa shape index (κ1) is 17.8. The molecule has 0 aliphatic carbocycles. The predicted octanol–water partition coefficient (Wildman–Crippen LogP) is 5.42. The van der Waals surface area contributed by atoms with E-state index in [1.165, 1.54) is 0 Å². The number of nitrogens with one attached hydrogen (secondary N) is 1. The maximum atomic E-state index is 6.12. The van der Waals surface area contributed by atoms with Crippen molar-refractivity contribution in [3.63, 3.8) is 0 Å². The summed E-state index contributed by atoms with van der Waals surface area (Å²) in [5.41, 5.74) is 3.41. The van der Waals surface area contributed by atoms with Gasteiger partial charge in [0.1, 0.15) is 5.75 Å². The lowest BCUT2D eigenvalue weighted by molar-refractivity contribution is 0.404. The van der Waals surface area contributed by atoms with E-state index in [9.17, 15) is 0 Å². The van der Waals surface area contributed by atoms with Gasteiger partial charge in [0.05, 0.1) is 7.11 Å². The van der Waals surface area contributed by atoms with E-state index in [1.54, 1.807) is 7.11 Å². The second-order valence-corrected chi connectivity index (χ2v) is 7.59. The van der Waals surface area contributed by atoms with Gasteiger partial charge in [-0.15, -0.1) is 5.10 Å². The molecule has 1 N–H and O–H groups in total. The van der Waals surface area contributed by atoms with Crippen LogP contribution in [0.3, 0.4) is 0 Å². The number of para-hydroxylation sites is 1. The molecule has 2 heterocycles. The Kier molecular flexibility index (Phi) is 4.07. The van der Waals surface area contributed by atoms with Crippen LogP contribution in [0.1, 0.15) is 12.5 Å². The van der Waals surface area contributed by atoms with Crippen LogP contribution in [-0.4, -0.2) is 21.9 Å². The molecular formula is C23H19ClN4O. The molecule has 1 aliphatic heterocycles. The molecule has 3 aromatic carbocycles. The summed E-state index contributed by atoms with van der Waals surface area (Å²) in [6, 6.07) is 23.7. The van der Waals surface area contributed by atoms with E-state index >= 15 is 0 Å². The number of hydrogen-bond acceptors (Lipinski definition) is 4. The topological polar surface area (TPSA) is 52.0 Å². The lowest BCUT2D eigenvalue weighted by atomic mass is 9.97. The highest BCUT2D eigenvalue weighted by atomic mass is 35.5. The first-order valence-corrected chi connectivity index (χ1v) is 9.72. The van der Waals surface area contributed by atoms with Gasteiger partial charge in [0.25, 0.3) is 0 Å². The van der Waals surface area contributed by atoms with Crippen molar-refractivity contribution < 1.29 is 4.74 Å². The highest BCUT2D eigenvalue weighted by Crippen LogP contribution is 2.41. The van der Waals surface area contributed by atoms with Gasteiger partial charge in [0.15, 0.2) is 17.3 Å². The summed E-state index contributed by atoms with van der Waals surface area (Å²) in [5.74, 6) is 2.29. The number of aromatic nitrogens is 3. The molecule has 1 aliphatic rings. The van der Waals surface area contributed by atoms with E-state index in [0.29, 0.717) is 10.8 Å². The summed E-state index contributed by atoms with van der Waals surface area (Å²) < 4.78 is 7.22. The Morgan fingerprint density at radius 1 is 0.966 bits per heavy atom. The molecule has 0 bridgehead atoms. The summed E-state index contributed by atoms with van der Waals surface area (Å²) in [6.45, 7) is 2.10. The number of halogens is 1. The van der Waals surface area contributed by atoms with E-state index in [-0.39, 0.29) is 0 Å². The van der Waals surface area contributed by atoms with Gasteiger partial charge in [-0.2, -0.15) is 0 Å². The van der Waals surface area contributed by atoms with E-state index in [0.717, 1.165) is 34.0 Å². The normalized spacial score (nSPS) is 17.2. The van der Waals surface area contributed by atoms with Crippen molar-refractivity contribution in [1.82, 2.24) is 14.8 Å². The minimum Gasteiger partial charge on any atom is -0.497 e. The number of nitrogens with zero attached hydrogens (tertiary/aromatic N) is 3. The molecule has 1 aromatic heterocycles. The van der Waals surface area contributed by atoms with Crippen LogP contribution < -0.4 is 10.1 Å². The van der Waals surface area contributed by atoms with Gasteiger partial charge >= 0.3 is 0 Å². The maximum Gasteiger partial charge on any atom is 0.181 e. The van der Waals surface area contributed by atoms with Gasteiger partial charge in [-0.3, -0.25) is 0 Å². The fourth-order valence-electron chi connectivity index (χ4n) is 3.73. The van der Waals surface area contributed by atoms with Crippen LogP contribution in [0, 0.1) is 0 Å². The van der Waals surface area contributed by atoms with E-state index in [4.69, 9.17) is 26.4 Å².